The molecule has 0 radical (unpaired) electrons. The van der Waals surface area contributed by atoms with Gasteiger partial charge in [-0.25, -0.2) is 0 Å². The normalized spacial score (nSPS) is 30.8. The third kappa shape index (κ3) is 2.66. The highest BCUT2D eigenvalue weighted by atomic mass is 16.3. The maximum absolute atomic E-state index is 10.4. The molecule has 1 fully saturated rings. The van der Waals surface area contributed by atoms with Crippen LogP contribution in [0, 0.1) is 0 Å². The Balaban J connectivity index is 2.09. The van der Waals surface area contributed by atoms with Crippen molar-refractivity contribution in [3.63, 3.8) is 0 Å². The van der Waals surface area contributed by atoms with E-state index in [-0.39, 0.29) is 6.10 Å². The molecule has 0 aromatic heterocycles. The van der Waals surface area contributed by atoms with Crippen LogP contribution in [0.2, 0.25) is 0 Å². The molecule has 0 amide bonds. The van der Waals surface area contributed by atoms with E-state index in [2.05, 4.69) is 36.4 Å². The molecule has 2 aliphatic rings. The van der Waals surface area contributed by atoms with Gasteiger partial charge in [0, 0.05) is 0 Å². The fourth-order valence-electron chi connectivity index (χ4n) is 3.37. The monoisotopic (exact) mass is 254 g/mol. The van der Waals surface area contributed by atoms with Crippen LogP contribution in [0.3, 0.4) is 0 Å². The first kappa shape index (κ1) is 12.7. The quantitative estimate of drug-likeness (QED) is 0.783. The number of aliphatic hydroxyl groups excluding tert-OH is 1. The Morgan fingerprint density at radius 1 is 0.947 bits per heavy atom. The maximum atomic E-state index is 10.4. The van der Waals surface area contributed by atoms with Crippen molar-refractivity contribution in [2.24, 2.45) is 0 Å². The fourth-order valence-corrected chi connectivity index (χ4v) is 3.37. The highest BCUT2D eigenvalue weighted by Gasteiger charge is 2.27. The van der Waals surface area contributed by atoms with Gasteiger partial charge in [-0.1, -0.05) is 42.8 Å². The van der Waals surface area contributed by atoms with Gasteiger partial charge in [0.05, 0.1) is 6.10 Å². The first-order valence-electron chi connectivity index (χ1n) is 7.52. The average Bonchev–Trinajstić information content (AvgIpc) is 2.84. The Labute approximate surface area is 115 Å². The first-order valence-corrected chi connectivity index (χ1v) is 7.52. The molecule has 0 spiro atoms. The summed E-state index contributed by atoms with van der Waals surface area (Å²) in [5, 5.41) is 10.4. The number of allylic oxidation sites excluding steroid dienone is 2. The molecule has 1 N–H and O–H groups in total. The van der Waals surface area contributed by atoms with Crippen molar-refractivity contribution in [2.45, 2.75) is 51.0 Å². The number of hydrogen-bond acceptors (Lipinski definition) is 1. The molecule has 2 aliphatic carbocycles. The molecular weight excluding hydrogens is 232 g/mol. The minimum atomic E-state index is -0.250. The predicted molar refractivity (Wildman–Crippen MR) is 79.8 cm³/mol. The van der Waals surface area contributed by atoms with Crippen LogP contribution < -0.4 is 0 Å². The SMILES string of the molecule is OC1CCC2=C/CCCCC/C(c3ccccc3)=C\21. The third-order valence-corrected chi connectivity index (χ3v) is 4.34. The van der Waals surface area contributed by atoms with Crippen molar-refractivity contribution in [3.05, 3.63) is 53.1 Å². The van der Waals surface area contributed by atoms with Crippen LogP contribution in [-0.4, -0.2) is 11.2 Å². The first-order chi connectivity index (χ1) is 9.36. The van der Waals surface area contributed by atoms with E-state index in [4.69, 9.17) is 0 Å². The molecule has 100 valence electrons. The van der Waals surface area contributed by atoms with Crippen LogP contribution in [-0.2, 0) is 0 Å². The van der Waals surface area contributed by atoms with Gasteiger partial charge >= 0.3 is 0 Å². The van der Waals surface area contributed by atoms with E-state index in [1.54, 1.807) is 0 Å². The van der Waals surface area contributed by atoms with Gasteiger partial charge in [0.1, 0.15) is 0 Å². The van der Waals surface area contributed by atoms with E-state index in [1.807, 2.05) is 0 Å². The smallest absolute Gasteiger partial charge is 0.0798 e. The Morgan fingerprint density at radius 2 is 1.79 bits per heavy atom. The summed E-state index contributed by atoms with van der Waals surface area (Å²) in [5.41, 5.74) is 5.34. The van der Waals surface area contributed by atoms with Crippen LogP contribution >= 0.6 is 0 Å². The van der Waals surface area contributed by atoms with E-state index in [0.29, 0.717) is 0 Å². The predicted octanol–water partition coefficient (Wildman–Crippen LogP) is 4.49. The van der Waals surface area contributed by atoms with Crippen molar-refractivity contribution in [2.75, 3.05) is 0 Å². The Morgan fingerprint density at radius 3 is 2.63 bits per heavy atom. The summed E-state index contributed by atoms with van der Waals surface area (Å²) in [5.74, 6) is 0. The topological polar surface area (TPSA) is 20.2 Å². The third-order valence-electron chi connectivity index (χ3n) is 4.34. The second-order valence-electron chi connectivity index (χ2n) is 5.64. The van der Waals surface area contributed by atoms with Gasteiger partial charge in [-0.15, -0.1) is 0 Å². The van der Waals surface area contributed by atoms with Gasteiger partial charge in [0.2, 0.25) is 0 Å². The van der Waals surface area contributed by atoms with E-state index in [1.165, 1.54) is 48.0 Å². The van der Waals surface area contributed by atoms with Crippen molar-refractivity contribution in [1.29, 1.82) is 0 Å². The van der Waals surface area contributed by atoms with Crippen LogP contribution in [0.5, 0.6) is 0 Å². The van der Waals surface area contributed by atoms with Crippen LogP contribution in [0.4, 0.5) is 0 Å². The van der Waals surface area contributed by atoms with Crippen molar-refractivity contribution >= 4 is 5.57 Å². The number of hydrogen-bond donors (Lipinski definition) is 1. The standard InChI is InChI=1S/C18H22O/c19-17-13-12-15-10-4-1-2-7-11-16(18(15)17)14-8-5-3-6-9-14/h3,5-6,8-10,17,19H,1-2,4,7,11-13H2/b15-10-,18-16-. The fraction of sp³-hybridized carbons (Fsp3) is 0.444. The zero-order valence-electron chi connectivity index (χ0n) is 11.4. The van der Waals surface area contributed by atoms with Gasteiger partial charge in [0.25, 0.3) is 0 Å². The van der Waals surface area contributed by atoms with Gasteiger partial charge in [-0.05, 0) is 60.8 Å². The lowest BCUT2D eigenvalue weighted by Gasteiger charge is -2.15. The molecular formula is C18H22O. The molecule has 0 bridgehead atoms. The van der Waals surface area contributed by atoms with E-state index in [9.17, 15) is 5.11 Å². The molecule has 0 aliphatic heterocycles. The summed E-state index contributed by atoms with van der Waals surface area (Å²) < 4.78 is 0. The minimum absolute atomic E-state index is 0.250. The summed E-state index contributed by atoms with van der Waals surface area (Å²) in [6.45, 7) is 0. The summed E-state index contributed by atoms with van der Waals surface area (Å²) in [4.78, 5) is 0. The zero-order valence-corrected chi connectivity index (χ0v) is 11.4. The molecule has 1 unspecified atom stereocenters. The Hall–Kier alpha value is -1.34. The zero-order chi connectivity index (χ0) is 13.1. The summed E-state index contributed by atoms with van der Waals surface area (Å²) in [6.07, 6.45) is 10.2. The average molecular weight is 254 g/mol. The van der Waals surface area contributed by atoms with Crippen molar-refractivity contribution in [1.82, 2.24) is 0 Å². The number of aliphatic hydroxyl groups is 1. The molecule has 3 rings (SSSR count). The van der Waals surface area contributed by atoms with E-state index in [0.717, 1.165) is 19.3 Å². The number of rotatable bonds is 1. The molecule has 1 heteroatoms. The highest BCUT2D eigenvalue weighted by Crippen LogP contribution is 2.39. The molecule has 1 aromatic rings. The van der Waals surface area contributed by atoms with E-state index < -0.39 is 0 Å². The lowest BCUT2D eigenvalue weighted by Crippen LogP contribution is -2.06. The lowest BCUT2D eigenvalue weighted by atomic mass is 9.92. The minimum Gasteiger partial charge on any atom is -0.388 e. The molecule has 1 atom stereocenters. The summed E-state index contributed by atoms with van der Waals surface area (Å²) in [7, 11) is 0. The van der Waals surface area contributed by atoms with Crippen LogP contribution in [0.1, 0.15) is 50.5 Å². The molecule has 1 saturated carbocycles. The molecule has 19 heavy (non-hydrogen) atoms. The van der Waals surface area contributed by atoms with Gasteiger partial charge in [-0.3, -0.25) is 0 Å². The van der Waals surface area contributed by atoms with Gasteiger partial charge in [-0.2, -0.15) is 0 Å². The van der Waals surface area contributed by atoms with Crippen molar-refractivity contribution < 1.29 is 5.11 Å². The second kappa shape index (κ2) is 5.75. The second-order valence-corrected chi connectivity index (χ2v) is 5.64. The Bertz CT molecular complexity index is 496. The van der Waals surface area contributed by atoms with Gasteiger partial charge in [0.15, 0.2) is 0 Å². The molecule has 1 aromatic carbocycles. The number of fused-ring (bicyclic) bond motifs is 1. The number of benzene rings is 1. The summed E-state index contributed by atoms with van der Waals surface area (Å²) in [6, 6.07) is 10.6. The van der Waals surface area contributed by atoms with Crippen LogP contribution in [0.25, 0.3) is 5.57 Å². The van der Waals surface area contributed by atoms with E-state index >= 15 is 0 Å². The van der Waals surface area contributed by atoms with Crippen LogP contribution in [0.15, 0.2) is 47.6 Å². The highest BCUT2D eigenvalue weighted by molar-refractivity contribution is 5.74. The van der Waals surface area contributed by atoms with Gasteiger partial charge < -0.3 is 5.11 Å². The lowest BCUT2D eigenvalue weighted by molar-refractivity contribution is 0.218. The van der Waals surface area contributed by atoms with Crippen molar-refractivity contribution in [3.8, 4) is 0 Å². The molecule has 0 saturated heterocycles. The summed E-state index contributed by atoms with van der Waals surface area (Å²) >= 11 is 0. The molecule has 0 heterocycles. The largest absolute Gasteiger partial charge is 0.388 e. The Kier molecular flexibility index (Phi) is 3.84. The maximum Gasteiger partial charge on any atom is 0.0798 e. The molecule has 1 nitrogen and oxygen atoms in total.